The number of benzene rings is 2. The van der Waals surface area contributed by atoms with E-state index in [1.54, 1.807) is 24.5 Å². The summed E-state index contributed by atoms with van der Waals surface area (Å²) in [7, 11) is 1.48. The second-order valence-electron chi connectivity index (χ2n) is 5.20. The predicted octanol–water partition coefficient (Wildman–Crippen LogP) is 4.12. The number of methoxy groups -OCH3 is 1. The maximum absolute atomic E-state index is 9.87. The third-order valence-corrected chi connectivity index (χ3v) is 4.23. The van der Waals surface area contributed by atoms with Crippen LogP contribution in [0.3, 0.4) is 0 Å². The molecule has 0 aliphatic rings. The van der Waals surface area contributed by atoms with E-state index in [4.69, 9.17) is 4.74 Å². The number of phenols is 1. The summed E-state index contributed by atoms with van der Waals surface area (Å²) in [6, 6.07) is 13.4. The van der Waals surface area contributed by atoms with Crippen LogP contribution in [0.5, 0.6) is 11.5 Å². The number of phenolic OH excluding ortho intramolecular Hbond substituents is 1. The van der Waals surface area contributed by atoms with Gasteiger partial charge in [-0.3, -0.25) is 0 Å². The Morgan fingerprint density at radius 3 is 2.96 bits per heavy atom. The van der Waals surface area contributed by atoms with E-state index in [0.29, 0.717) is 22.3 Å². The number of aromatic hydroxyl groups is 1. The molecule has 0 amide bonds. The van der Waals surface area contributed by atoms with E-state index in [1.165, 1.54) is 7.11 Å². The van der Waals surface area contributed by atoms with Crippen molar-refractivity contribution in [3.05, 3.63) is 58.3 Å². The Labute approximate surface area is 147 Å². The lowest BCUT2D eigenvalue weighted by atomic mass is 10.1. The summed E-state index contributed by atoms with van der Waals surface area (Å²) < 4.78 is 7.58. The molecule has 0 unspecified atom stereocenters. The molecule has 5 nitrogen and oxygen atoms in total. The lowest BCUT2D eigenvalue weighted by molar-refractivity contribution is 0.372. The van der Waals surface area contributed by atoms with Crippen LogP contribution in [0.15, 0.2) is 52.8 Å². The number of hydrogen-bond donors (Lipinski definition) is 1. The second kappa shape index (κ2) is 6.77. The third-order valence-electron chi connectivity index (χ3n) is 3.62. The third kappa shape index (κ3) is 3.12. The number of fused-ring (bicyclic) bond motifs is 1. The largest absolute Gasteiger partial charge is 0.503 e. The van der Waals surface area contributed by atoms with Gasteiger partial charge in [0.25, 0.3) is 0 Å². The normalized spacial score (nSPS) is 11.5. The fraction of sp³-hybridized carbons (Fsp3) is 0.111. The van der Waals surface area contributed by atoms with E-state index in [-0.39, 0.29) is 5.75 Å². The van der Waals surface area contributed by atoms with Crippen LogP contribution >= 0.6 is 15.9 Å². The van der Waals surface area contributed by atoms with Crippen molar-refractivity contribution < 1.29 is 9.84 Å². The van der Waals surface area contributed by atoms with Gasteiger partial charge < -0.3 is 14.4 Å². The Hall–Kier alpha value is -2.78. The van der Waals surface area contributed by atoms with Gasteiger partial charge in [-0.25, -0.2) is 4.98 Å². The molecule has 0 aliphatic heterocycles. The summed E-state index contributed by atoms with van der Waals surface area (Å²) in [4.78, 5) is 4.33. The van der Waals surface area contributed by atoms with Crippen LogP contribution in [0.1, 0.15) is 5.56 Å². The van der Waals surface area contributed by atoms with Gasteiger partial charge in [-0.2, -0.15) is 5.26 Å². The maximum atomic E-state index is 9.87. The Kier molecular flexibility index (Phi) is 4.54. The van der Waals surface area contributed by atoms with Crippen LogP contribution in [-0.2, 0) is 6.54 Å². The van der Waals surface area contributed by atoms with E-state index in [1.807, 2.05) is 28.8 Å². The van der Waals surface area contributed by atoms with Gasteiger partial charge in [-0.15, -0.1) is 0 Å². The smallest absolute Gasteiger partial charge is 0.172 e. The van der Waals surface area contributed by atoms with Crippen LogP contribution in [-0.4, -0.2) is 21.8 Å². The summed E-state index contributed by atoms with van der Waals surface area (Å²) in [6.45, 7) is 0.415. The number of aromatic nitrogens is 2. The van der Waals surface area contributed by atoms with Crippen molar-refractivity contribution in [1.82, 2.24) is 9.55 Å². The van der Waals surface area contributed by atoms with Crippen molar-refractivity contribution in [2.75, 3.05) is 7.11 Å². The monoisotopic (exact) mass is 383 g/mol. The van der Waals surface area contributed by atoms with Crippen LogP contribution in [0.25, 0.3) is 17.1 Å². The summed E-state index contributed by atoms with van der Waals surface area (Å²) in [6.07, 6.45) is 3.49. The molecule has 2 aromatic carbocycles. The van der Waals surface area contributed by atoms with Crippen molar-refractivity contribution in [2.24, 2.45) is 0 Å². The fourth-order valence-electron chi connectivity index (χ4n) is 2.47. The SMILES string of the molecule is COc1cc(/C=C(/C#N)Cn2cnc3ccccc32)cc(Br)c1O. The van der Waals surface area contributed by atoms with Crippen molar-refractivity contribution in [3.63, 3.8) is 0 Å². The molecular weight excluding hydrogens is 370 g/mol. The quantitative estimate of drug-likeness (QED) is 0.687. The number of nitriles is 1. The van der Waals surface area contributed by atoms with Crippen molar-refractivity contribution in [3.8, 4) is 17.6 Å². The number of rotatable bonds is 4. The molecule has 3 aromatic rings. The average Bonchev–Trinajstić information content (AvgIpc) is 3.00. The first-order chi connectivity index (χ1) is 11.6. The summed E-state index contributed by atoms with van der Waals surface area (Å²) >= 11 is 3.29. The molecule has 0 spiro atoms. The molecule has 24 heavy (non-hydrogen) atoms. The van der Waals surface area contributed by atoms with Crippen LogP contribution < -0.4 is 4.74 Å². The summed E-state index contributed by atoms with van der Waals surface area (Å²) in [5.74, 6) is 0.384. The van der Waals surface area contributed by atoms with Gasteiger partial charge in [0.05, 0.1) is 41.6 Å². The predicted molar refractivity (Wildman–Crippen MR) is 95.7 cm³/mol. The molecule has 1 aromatic heterocycles. The molecule has 0 bridgehead atoms. The van der Waals surface area contributed by atoms with Gasteiger partial charge >= 0.3 is 0 Å². The number of ether oxygens (including phenoxy) is 1. The first kappa shape index (κ1) is 16.1. The molecule has 0 saturated heterocycles. The second-order valence-corrected chi connectivity index (χ2v) is 6.05. The lowest BCUT2D eigenvalue weighted by Gasteiger charge is -2.08. The fourth-order valence-corrected chi connectivity index (χ4v) is 2.93. The Morgan fingerprint density at radius 1 is 1.42 bits per heavy atom. The van der Waals surface area contributed by atoms with Gasteiger partial charge in [0.15, 0.2) is 11.5 Å². The van der Waals surface area contributed by atoms with E-state index in [9.17, 15) is 10.4 Å². The number of allylic oxidation sites excluding steroid dienone is 1. The van der Waals surface area contributed by atoms with Gasteiger partial charge in [-0.05, 0) is 51.8 Å². The van der Waals surface area contributed by atoms with Crippen molar-refractivity contribution in [2.45, 2.75) is 6.54 Å². The highest BCUT2D eigenvalue weighted by Crippen LogP contribution is 2.35. The topological polar surface area (TPSA) is 71.1 Å². The zero-order valence-corrected chi connectivity index (χ0v) is 14.5. The molecule has 6 heteroatoms. The molecule has 1 heterocycles. The highest BCUT2D eigenvalue weighted by molar-refractivity contribution is 9.10. The van der Waals surface area contributed by atoms with Gasteiger partial charge in [0.2, 0.25) is 0 Å². The highest BCUT2D eigenvalue weighted by atomic mass is 79.9. The Balaban J connectivity index is 1.96. The Bertz CT molecular complexity index is 970. The molecule has 0 fully saturated rings. The molecule has 0 atom stereocenters. The summed E-state index contributed by atoms with van der Waals surface area (Å²) in [5, 5.41) is 19.3. The van der Waals surface area contributed by atoms with E-state index < -0.39 is 0 Å². The standard InChI is InChI=1S/C18H14BrN3O2/c1-24-17-8-12(7-14(19)18(17)23)6-13(9-20)10-22-11-21-15-4-2-3-5-16(15)22/h2-8,11,23H,10H2,1H3/b13-6-. The molecule has 1 N–H and O–H groups in total. The minimum atomic E-state index is 0.0359. The number of nitrogens with zero attached hydrogens (tertiary/aromatic N) is 3. The minimum Gasteiger partial charge on any atom is -0.503 e. The molecule has 0 saturated carbocycles. The first-order valence-corrected chi connectivity index (χ1v) is 7.98. The van der Waals surface area contributed by atoms with Crippen LogP contribution in [0.4, 0.5) is 0 Å². The number of para-hydroxylation sites is 2. The Morgan fingerprint density at radius 2 is 2.21 bits per heavy atom. The zero-order valence-electron chi connectivity index (χ0n) is 12.9. The van der Waals surface area contributed by atoms with Crippen molar-refractivity contribution >= 4 is 33.0 Å². The molecular formula is C18H14BrN3O2. The van der Waals surface area contributed by atoms with Gasteiger partial charge in [0, 0.05) is 5.57 Å². The van der Waals surface area contributed by atoms with E-state index >= 15 is 0 Å². The average molecular weight is 384 g/mol. The van der Waals surface area contributed by atoms with Gasteiger partial charge in [0.1, 0.15) is 0 Å². The van der Waals surface area contributed by atoms with Crippen LogP contribution in [0, 0.1) is 11.3 Å². The molecule has 0 aliphatic carbocycles. The lowest BCUT2D eigenvalue weighted by Crippen LogP contribution is -1.98. The molecule has 3 rings (SSSR count). The molecule has 120 valence electrons. The van der Waals surface area contributed by atoms with Crippen LogP contribution in [0.2, 0.25) is 0 Å². The summed E-state index contributed by atoms with van der Waals surface area (Å²) in [5.41, 5.74) is 3.20. The van der Waals surface area contributed by atoms with E-state index in [2.05, 4.69) is 27.0 Å². The zero-order chi connectivity index (χ0) is 17.1. The van der Waals surface area contributed by atoms with Crippen molar-refractivity contribution in [1.29, 1.82) is 5.26 Å². The maximum Gasteiger partial charge on any atom is 0.172 e. The highest BCUT2D eigenvalue weighted by Gasteiger charge is 2.09. The van der Waals surface area contributed by atoms with E-state index in [0.717, 1.165) is 16.6 Å². The first-order valence-electron chi connectivity index (χ1n) is 7.19. The molecule has 0 radical (unpaired) electrons. The number of hydrogen-bond acceptors (Lipinski definition) is 4. The number of halogens is 1. The minimum absolute atomic E-state index is 0.0359. The number of imidazole rings is 1. The van der Waals surface area contributed by atoms with Gasteiger partial charge in [-0.1, -0.05) is 12.1 Å².